The lowest BCUT2D eigenvalue weighted by atomic mass is 9.83. The highest BCUT2D eigenvalue weighted by Crippen LogP contribution is 2.42. The van der Waals surface area contributed by atoms with Gasteiger partial charge < -0.3 is 9.80 Å². The molecule has 2 heteroatoms. The Morgan fingerprint density at radius 2 is 0.894 bits per heavy atom. The fourth-order valence-electron chi connectivity index (χ4n) is 7.03. The lowest BCUT2D eigenvalue weighted by molar-refractivity contribution is 0.628. The number of anilines is 5. The number of hydrogen-bond acceptors (Lipinski definition) is 2. The zero-order valence-corrected chi connectivity index (χ0v) is 26.4. The van der Waals surface area contributed by atoms with Gasteiger partial charge in [-0.3, -0.25) is 0 Å². The molecule has 2 atom stereocenters. The Hall–Kier alpha value is -5.86. The zero-order chi connectivity index (χ0) is 31.6. The molecule has 7 aromatic carbocycles. The van der Waals surface area contributed by atoms with E-state index in [-0.39, 0.29) is 5.92 Å². The molecular weight excluding hydrogens is 569 g/mol. The molecule has 0 bridgehead atoms. The molecule has 1 aliphatic carbocycles. The van der Waals surface area contributed by atoms with Gasteiger partial charge >= 0.3 is 0 Å². The highest BCUT2D eigenvalue weighted by atomic mass is 15.2. The molecule has 2 nitrogen and oxygen atoms in total. The van der Waals surface area contributed by atoms with Crippen LogP contribution in [0, 0.1) is 5.92 Å². The van der Waals surface area contributed by atoms with Gasteiger partial charge in [-0.1, -0.05) is 140 Å². The molecule has 1 aliphatic rings. The van der Waals surface area contributed by atoms with Crippen molar-refractivity contribution >= 4 is 50.0 Å². The van der Waals surface area contributed by atoms with Crippen LogP contribution >= 0.6 is 0 Å². The molecule has 8 rings (SSSR count). The summed E-state index contributed by atoms with van der Waals surface area (Å²) in [4.78, 5) is 4.77. The molecular formula is C45H36N2. The molecule has 2 unspecified atom stereocenters. The minimum Gasteiger partial charge on any atom is -0.310 e. The van der Waals surface area contributed by atoms with Crippen molar-refractivity contribution in [2.75, 3.05) is 9.80 Å². The predicted molar refractivity (Wildman–Crippen MR) is 200 cm³/mol. The largest absolute Gasteiger partial charge is 0.310 e. The minimum atomic E-state index is 0.278. The van der Waals surface area contributed by atoms with Gasteiger partial charge in [0.05, 0.1) is 11.4 Å². The summed E-state index contributed by atoms with van der Waals surface area (Å²) >= 11 is 0. The summed E-state index contributed by atoms with van der Waals surface area (Å²) in [6.07, 6.45) is 7.12. The maximum absolute atomic E-state index is 2.43. The second kappa shape index (κ2) is 12.5. The van der Waals surface area contributed by atoms with Gasteiger partial charge in [-0.05, 0) is 76.9 Å². The molecule has 0 spiro atoms. The van der Waals surface area contributed by atoms with Gasteiger partial charge in [0, 0.05) is 39.4 Å². The third-order valence-corrected chi connectivity index (χ3v) is 9.31. The van der Waals surface area contributed by atoms with Crippen LogP contribution in [0.2, 0.25) is 0 Å². The van der Waals surface area contributed by atoms with E-state index in [4.69, 9.17) is 0 Å². The van der Waals surface area contributed by atoms with Gasteiger partial charge in [0.25, 0.3) is 0 Å². The van der Waals surface area contributed by atoms with Crippen molar-refractivity contribution in [1.82, 2.24) is 0 Å². The summed E-state index contributed by atoms with van der Waals surface area (Å²) in [6, 6.07) is 60.9. The molecule has 0 fully saturated rings. The first-order valence-electron chi connectivity index (χ1n) is 16.4. The zero-order valence-electron chi connectivity index (χ0n) is 26.4. The highest BCUT2D eigenvalue weighted by Gasteiger charge is 2.24. The number of para-hydroxylation sites is 2. The number of rotatable bonds is 7. The number of hydrogen-bond donors (Lipinski definition) is 0. The first kappa shape index (κ1) is 28.6. The molecule has 0 N–H and O–H groups in total. The Morgan fingerprint density at radius 1 is 0.426 bits per heavy atom. The Labute approximate surface area is 277 Å². The van der Waals surface area contributed by atoms with Gasteiger partial charge in [-0.15, -0.1) is 0 Å². The summed E-state index contributed by atoms with van der Waals surface area (Å²) in [7, 11) is 0. The van der Waals surface area contributed by atoms with Crippen LogP contribution in [0.15, 0.2) is 194 Å². The van der Waals surface area contributed by atoms with Crippen LogP contribution in [0.5, 0.6) is 0 Å². The number of benzene rings is 7. The number of allylic oxidation sites excluding steroid dienone is 3. The van der Waals surface area contributed by atoms with E-state index >= 15 is 0 Å². The summed E-state index contributed by atoms with van der Waals surface area (Å²) < 4.78 is 0. The Balaban J connectivity index is 1.13. The second-order valence-corrected chi connectivity index (χ2v) is 12.3. The highest BCUT2D eigenvalue weighted by molar-refractivity contribution is 5.99. The number of nitrogens with zero attached hydrogens (tertiary/aromatic N) is 2. The summed E-state index contributed by atoms with van der Waals surface area (Å²) in [5, 5.41) is 4.95. The van der Waals surface area contributed by atoms with Gasteiger partial charge in [0.2, 0.25) is 0 Å². The predicted octanol–water partition coefficient (Wildman–Crippen LogP) is 12.5. The van der Waals surface area contributed by atoms with E-state index in [1.54, 1.807) is 0 Å². The molecule has 47 heavy (non-hydrogen) atoms. The SMILES string of the molecule is CC1C=C(N(c2ccccc2)c2cccc3ccccc23)C=CC1c1ccc(N(c2ccccc2)c2cccc3ccccc23)cc1. The smallest absolute Gasteiger partial charge is 0.0540 e. The van der Waals surface area contributed by atoms with E-state index in [9.17, 15) is 0 Å². The average Bonchev–Trinajstić information content (AvgIpc) is 3.13. The standard InChI is InChI=1S/C45H36N2/c1-33-32-40(47(38-20-6-3-7-21-38)45-25-13-17-35-15-9-11-23-43(35)45)30-31-41(33)36-26-28-39(29-27-36)46(37-18-4-2-5-19-37)44-24-12-16-34-14-8-10-22-42(34)44/h2-33,41H,1H3. The van der Waals surface area contributed by atoms with Gasteiger partial charge in [0.1, 0.15) is 0 Å². The maximum atomic E-state index is 2.43. The Bertz CT molecular complexity index is 2200. The number of fused-ring (bicyclic) bond motifs is 2. The third kappa shape index (κ3) is 5.49. The van der Waals surface area contributed by atoms with Gasteiger partial charge in [-0.25, -0.2) is 0 Å². The lowest BCUT2D eigenvalue weighted by Crippen LogP contribution is -2.20. The Morgan fingerprint density at radius 3 is 1.47 bits per heavy atom. The van der Waals surface area contributed by atoms with Crippen molar-refractivity contribution in [2.24, 2.45) is 5.92 Å². The molecule has 0 saturated heterocycles. The van der Waals surface area contributed by atoms with Crippen LogP contribution in [-0.2, 0) is 0 Å². The summed E-state index contributed by atoms with van der Waals surface area (Å²) in [5.41, 5.74) is 8.32. The summed E-state index contributed by atoms with van der Waals surface area (Å²) in [5.74, 6) is 0.589. The van der Waals surface area contributed by atoms with E-state index < -0.39 is 0 Å². The van der Waals surface area contributed by atoms with Crippen molar-refractivity contribution < 1.29 is 0 Å². The minimum absolute atomic E-state index is 0.278. The van der Waals surface area contributed by atoms with Crippen molar-refractivity contribution in [2.45, 2.75) is 12.8 Å². The van der Waals surface area contributed by atoms with Crippen molar-refractivity contribution in [3.8, 4) is 0 Å². The normalized spacial score (nSPS) is 15.8. The fourth-order valence-corrected chi connectivity index (χ4v) is 7.03. The van der Waals surface area contributed by atoms with Crippen molar-refractivity contribution in [1.29, 1.82) is 0 Å². The Kier molecular flexibility index (Phi) is 7.61. The van der Waals surface area contributed by atoms with E-state index in [1.165, 1.54) is 44.2 Å². The molecule has 0 heterocycles. The molecule has 0 aliphatic heterocycles. The van der Waals surface area contributed by atoms with Crippen LogP contribution in [0.1, 0.15) is 18.4 Å². The van der Waals surface area contributed by atoms with Crippen LogP contribution in [0.3, 0.4) is 0 Å². The third-order valence-electron chi connectivity index (χ3n) is 9.31. The van der Waals surface area contributed by atoms with Crippen LogP contribution in [-0.4, -0.2) is 0 Å². The van der Waals surface area contributed by atoms with Gasteiger partial charge in [-0.2, -0.15) is 0 Å². The van der Waals surface area contributed by atoms with Crippen LogP contribution < -0.4 is 9.80 Å². The molecule has 0 aromatic heterocycles. The fraction of sp³-hybridized carbons (Fsp3) is 0.0667. The van der Waals surface area contributed by atoms with E-state index in [2.05, 4.69) is 205 Å². The monoisotopic (exact) mass is 604 g/mol. The van der Waals surface area contributed by atoms with Gasteiger partial charge in [0.15, 0.2) is 0 Å². The van der Waals surface area contributed by atoms with Crippen molar-refractivity contribution in [3.63, 3.8) is 0 Å². The van der Waals surface area contributed by atoms with Crippen molar-refractivity contribution in [3.05, 3.63) is 199 Å². The maximum Gasteiger partial charge on any atom is 0.0540 e. The molecule has 7 aromatic rings. The quantitative estimate of drug-likeness (QED) is 0.179. The van der Waals surface area contributed by atoms with E-state index in [0.29, 0.717) is 5.92 Å². The molecule has 0 radical (unpaired) electrons. The topological polar surface area (TPSA) is 6.48 Å². The second-order valence-electron chi connectivity index (χ2n) is 12.3. The first-order chi connectivity index (χ1) is 23.2. The first-order valence-corrected chi connectivity index (χ1v) is 16.4. The molecule has 226 valence electrons. The lowest BCUT2D eigenvalue weighted by Gasteiger charge is -2.32. The molecule has 0 amide bonds. The van der Waals surface area contributed by atoms with E-state index in [1.807, 2.05) is 0 Å². The van der Waals surface area contributed by atoms with Crippen LogP contribution in [0.25, 0.3) is 21.5 Å². The van der Waals surface area contributed by atoms with E-state index in [0.717, 1.165) is 17.1 Å². The molecule has 0 saturated carbocycles. The average molecular weight is 605 g/mol. The van der Waals surface area contributed by atoms with Crippen LogP contribution in [0.4, 0.5) is 28.4 Å². The summed E-state index contributed by atoms with van der Waals surface area (Å²) in [6.45, 7) is 2.33.